The minimum Gasteiger partial charge on any atom is -0.493 e. The van der Waals surface area contributed by atoms with Crippen LogP contribution in [0.25, 0.3) is 21.8 Å². The van der Waals surface area contributed by atoms with Crippen LogP contribution < -0.4 is 23.8 Å². The number of halogens is 3. The molecule has 1 fully saturated rings. The van der Waals surface area contributed by atoms with Gasteiger partial charge in [0.25, 0.3) is 5.91 Å². The lowest BCUT2D eigenvalue weighted by Crippen LogP contribution is -2.48. The van der Waals surface area contributed by atoms with E-state index in [4.69, 9.17) is 23.7 Å². The van der Waals surface area contributed by atoms with Gasteiger partial charge in [0.15, 0.2) is 17.2 Å². The summed E-state index contributed by atoms with van der Waals surface area (Å²) in [6, 6.07) is 5.21. The molecule has 4 aromatic rings. The number of hydrogen-bond acceptors (Lipinski definition) is 9. The fourth-order valence-corrected chi connectivity index (χ4v) is 6.96. The highest BCUT2D eigenvalue weighted by Gasteiger charge is 2.39. The maximum atomic E-state index is 14.3. The third kappa shape index (κ3) is 6.16. The molecule has 0 saturated carbocycles. The second-order valence-corrected chi connectivity index (χ2v) is 12.0. The van der Waals surface area contributed by atoms with Gasteiger partial charge >= 0.3 is 12.1 Å². The van der Waals surface area contributed by atoms with Crippen molar-refractivity contribution in [1.29, 1.82) is 0 Å². The van der Waals surface area contributed by atoms with Gasteiger partial charge in [0.1, 0.15) is 5.69 Å². The molecule has 6 rings (SSSR count). The first-order valence-corrected chi connectivity index (χ1v) is 15.9. The Bertz CT molecular complexity index is 1870. The highest BCUT2D eigenvalue weighted by atomic mass is 79.9. The number of anilines is 1. The highest BCUT2D eigenvalue weighted by molar-refractivity contribution is 9.09. The number of piperazine rings is 1. The Hall–Kier alpha value is -3.66. The molecule has 0 radical (unpaired) electrons. The van der Waals surface area contributed by atoms with Crippen molar-refractivity contribution in [3.63, 3.8) is 0 Å². The van der Waals surface area contributed by atoms with Gasteiger partial charge in [-0.05, 0) is 31.7 Å². The number of hydrogen-bond donors (Lipinski definition) is 2. The summed E-state index contributed by atoms with van der Waals surface area (Å²) in [6.07, 6.45) is -0.500. The molecule has 48 heavy (non-hydrogen) atoms. The van der Waals surface area contributed by atoms with Crippen LogP contribution in [0.2, 0.25) is 0 Å². The molecule has 16 heteroatoms. The van der Waals surface area contributed by atoms with Gasteiger partial charge < -0.3 is 48.4 Å². The molecule has 2 aliphatic heterocycles. The Balaban J connectivity index is 0.00000260. The van der Waals surface area contributed by atoms with E-state index in [1.807, 2.05) is 7.05 Å². The van der Waals surface area contributed by atoms with Gasteiger partial charge in [-0.3, -0.25) is 4.79 Å². The number of carbonyl (C=O) groups excluding carboxylic acids is 3. The highest BCUT2D eigenvalue weighted by Crippen LogP contribution is 2.49. The van der Waals surface area contributed by atoms with Gasteiger partial charge in [-0.15, -0.1) is 29.4 Å². The van der Waals surface area contributed by atoms with Crippen molar-refractivity contribution in [2.45, 2.75) is 12.8 Å². The Morgan fingerprint density at radius 3 is 2.21 bits per heavy atom. The zero-order valence-corrected chi connectivity index (χ0v) is 31.5. The fraction of sp³-hybridized carbons (Fsp3) is 0.406. The SMILES string of the molecule is Br.COC(=O)c1c(C)[nH]c2c(OC(=O)N3CCN(C)CC3)cc3c(c12)[C@H](CBr)CN3C(=O)c1cc2cc(OC)c(OC)c(OC)c2[nH]1.Cl. The van der Waals surface area contributed by atoms with Crippen LogP contribution in [0.4, 0.5) is 10.5 Å². The number of benzene rings is 2. The zero-order valence-electron chi connectivity index (χ0n) is 27.4. The normalized spacial score (nSPS) is 15.9. The Labute approximate surface area is 302 Å². The van der Waals surface area contributed by atoms with E-state index >= 15 is 0 Å². The monoisotopic (exact) mass is 813 g/mol. The lowest BCUT2D eigenvalue weighted by atomic mass is 9.95. The lowest BCUT2D eigenvalue weighted by Gasteiger charge is -2.31. The van der Waals surface area contributed by atoms with E-state index in [0.717, 1.165) is 18.7 Å². The number of nitrogens with one attached hydrogen (secondary N) is 2. The molecular weight excluding hydrogens is 778 g/mol. The predicted molar refractivity (Wildman–Crippen MR) is 193 cm³/mol. The first-order valence-electron chi connectivity index (χ1n) is 14.8. The molecule has 2 amide bonds. The molecule has 2 N–H and O–H groups in total. The van der Waals surface area contributed by atoms with Crippen molar-refractivity contribution in [3.05, 3.63) is 40.7 Å². The second-order valence-electron chi connectivity index (χ2n) is 11.4. The first-order chi connectivity index (χ1) is 22.1. The van der Waals surface area contributed by atoms with E-state index in [1.54, 1.807) is 34.9 Å². The largest absolute Gasteiger partial charge is 0.493 e. The molecule has 1 saturated heterocycles. The van der Waals surface area contributed by atoms with Crippen molar-refractivity contribution in [2.75, 3.05) is 78.4 Å². The molecule has 0 bridgehead atoms. The van der Waals surface area contributed by atoms with Crippen LogP contribution in [0, 0.1) is 6.92 Å². The van der Waals surface area contributed by atoms with Crippen LogP contribution in [-0.4, -0.2) is 111 Å². The van der Waals surface area contributed by atoms with Gasteiger partial charge in [0, 0.05) is 66.5 Å². The van der Waals surface area contributed by atoms with E-state index in [1.165, 1.54) is 28.4 Å². The number of aromatic nitrogens is 2. The van der Waals surface area contributed by atoms with Gasteiger partial charge in [0.2, 0.25) is 5.75 Å². The third-order valence-electron chi connectivity index (χ3n) is 8.78. The summed E-state index contributed by atoms with van der Waals surface area (Å²) in [6.45, 7) is 4.59. The number of rotatable bonds is 7. The number of alkyl halides is 1. The van der Waals surface area contributed by atoms with Crippen molar-refractivity contribution >= 4 is 90.8 Å². The Morgan fingerprint density at radius 1 is 0.917 bits per heavy atom. The Morgan fingerprint density at radius 2 is 1.60 bits per heavy atom. The van der Waals surface area contributed by atoms with Crippen LogP contribution in [0.3, 0.4) is 0 Å². The van der Waals surface area contributed by atoms with E-state index in [2.05, 4.69) is 30.8 Å². The molecule has 2 aromatic carbocycles. The first kappa shape index (κ1) is 37.2. The molecule has 260 valence electrons. The Kier molecular flexibility index (Phi) is 11.5. The van der Waals surface area contributed by atoms with Crippen LogP contribution in [0.5, 0.6) is 23.0 Å². The van der Waals surface area contributed by atoms with E-state index in [9.17, 15) is 14.4 Å². The number of methoxy groups -OCH3 is 4. The minimum atomic E-state index is -0.530. The van der Waals surface area contributed by atoms with Crippen LogP contribution in [0.15, 0.2) is 18.2 Å². The van der Waals surface area contributed by atoms with Crippen molar-refractivity contribution in [2.24, 2.45) is 0 Å². The number of H-pyrrole nitrogens is 2. The van der Waals surface area contributed by atoms with E-state index in [0.29, 0.717) is 86.7 Å². The smallest absolute Gasteiger partial charge is 0.415 e. The number of likely N-dealkylation sites (N-methyl/N-ethyl adjacent to an activating group) is 1. The average Bonchev–Trinajstić information content (AvgIpc) is 3.76. The van der Waals surface area contributed by atoms with Gasteiger partial charge in [-0.25, -0.2) is 9.59 Å². The molecule has 2 aliphatic rings. The standard InChI is InChI=1S/C32H36BrN5O8.BrH.ClH/c1-16-23(31(40)45-6)25-24-18(14-33)15-38(20(24)13-21(27(25)34-16)46-32(41)37-9-7-36(2)8-10-37)30(39)19-11-17-12-22(42-3)28(43-4)29(44-5)26(17)35-19;;/h11-13,18,34-35H,7-10,14-15H2,1-6H3;2*1H/t18-;;/m1../s1. The molecule has 13 nitrogen and oxygen atoms in total. The number of aromatic amines is 2. The second kappa shape index (κ2) is 14.8. The summed E-state index contributed by atoms with van der Waals surface area (Å²) < 4.78 is 27.9. The number of carbonyl (C=O) groups is 3. The summed E-state index contributed by atoms with van der Waals surface area (Å²) in [4.78, 5) is 52.7. The van der Waals surface area contributed by atoms with E-state index in [-0.39, 0.29) is 47.0 Å². The molecule has 0 unspecified atom stereocenters. The molecule has 1 atom stereocenters. The van der Waals surface area contributed by atoms with Crippen LogP contribution in [-0.2, 0) is 4.74 Å². The van der Waals surface area contributed by atoms with Crippen LogP contribution >= 0.6 is 45.3 Å². The summed E-state index contributed by atoms with van der Waals surface area (Å²) in [5, 5.41) is 1.77. The maximum Gasteiger partial charge on any atom is 0.415 e. The predicted octanol–water partition coefficient (Wildman–Crippen LogP) is 5.65. The molecule has 0 spiro atoms. The molecule has 4 heterocycles. The number of nitrogens with zero attached hydrogens (tertiary/aromatic N) is 3. The maximum absolute atomic E-state index is 14.3. The van der Waals surface area contributed by atoms with E-state index < -0.39 is 12.1 Å². The van der Waals surface area contributed by atoms with Crippen molar-refractivity contribution in [3.8, 4) is 23.0 Å². The fourth-order valence-electron chi connectivity index (χ4n) is 6.44. The summed E-state index contributed by atoms with van der Waals surface area (Å²) in [5.41, 5.74) is 3.59. The van der Waals surface area contributed by atoms with Gasteiger partial charge in [0.05, 0.1) is 50.7 Å². The minimum absolute atomic E-state index is 0. The summed E-state index contributed by atoms with van der Waals surface area (Å²) in [5.74, 6) is 0.458. The average molecular weight is 816 g/mol. The zero-order chi connectivity index (χ0) is 32.9. The van der Waals surface area contributed by atoms with Crippen molar-refractivity contribution in [1.82, 2.24) is 19.8 Å². The third-order valence-corrected chi connectivity index (χ3v) is 9.56. The summed E-state index contributed by atoms with van der Waals surface area (Å²) >= 11 is 3.63. The number of esters is 1. The lowest BCUT2D eigenvalue weighted by molar-refractivity contribution is 0.0602. The summed E-state index contributed by atoms with van der Waals surface area (Å²) in [7, 11) is 7.89. The van der Waals surface area contributed by atoms with Crippen molar-refractivity contribution < 1.29 is 38.1 Å². The molecule has 2 aromatic heterocycles. The van der Waals surface area contributed by atoms with Crippen LogP contribution in [0.1, 0.15) is 38.0 Å². The number of fused-ring (bicyclic) bond motifs is 4. The number of ether oxygens (including phenoxy) is 5. The topological polar surface area (TPSA) is 139 Å². The number of aryl methyl sites for hydroxylation is 1. The molecular formula is C32H38Br2ClN5O8. The molecule has 0 aliphatic carbocycles. The number of amides is 2. The quantitative estimate of drug-likeness (QED) is 0.179. The van der Waals surface area contributed by atoms with Gasteiger partial charge in [-0.2, -0.15) is 0 Å². The van der Waals surface area contributed by atoms with Gasteiger partial charge in [-0.1, -0.05) is 15.9 Å².